The molecule has 1 saturated heterocycles. The Hall–Kier alpha value is -2.67. The predicted octanol–water partition coefficient (Wildman–Crippen LogP) is 3.18. The largest absolute Gasteiger partial charge is 0.497 e. The van der Waals surface area contributed by atoms with E-state index >= 15 is 0 Å². The molecule has 0 radical (unpaired) electrons. The Bertz CT molecular complexity index is 880. The second-order valence-corrected chi connectivity index (χ2v) is 7.49. The standard InChI is InChI=1S/C21H21BrN2O4/c1-14(25)23(12-11-15-3-9-18(28-2)10-4-15)19-13-20(26)24(21(19)27)17-7-5-16(22)6-8-17/h3-10,19H,11-13H2,1-2H3/t19-/m0/s1. The van der Waals surface area contributed by atoms with Crippen LogP contribution in [-0.2, 0) is 20.8 Å². The van der Waals surface area contributed by atoms with Crippen LogP contribution in [0.3, 0.4) is 0 Å². The molecule has 1 aliphatic rings. The minimum absolute atomic E-state index is 0.00289. The van der Waals surface area contributed by atoms with Crippen molar-refractivity contribution in [2.75, 3.05) is 18.6 Å². The molecule has 2 aromatic carbocycles. The Labute approximate surface area is 172 Å². The molecule has 1 aliphatic heterocycles. The van der Waals surface area contributed by atoms with Crippen molar-refractivity contribution in [3.05, 3.63) is 58.6 Å². The zero-order chi connectivity index (χ0) is 20.3. The summed E-state index contributed by atoms with van der Waals surface area (Å²) < 4.78 is 6.00. The first-order valence-corrected chi connectivity index (χ1v) is 9.72. The van der Waals surface area contributed by atoms with E-state index in [1.807, 2.05) is 24.3 Å². The van der Waals surface area contributed by atoms with Gasteiger partial charge in [-0.25, -0.2) is 4.90 Å². The van der Waals surface area contributed by atoms with Crippen molar-refractivity contribution in [3.8, 4) is 5.75 Å². The molecule has 2 aromatic rings. The normalized spacial score (nSPS) is 16.4. The van der Waals surface area contributed by atoms with Gasteiger partial charge in [0.15, 0.2) is 0 Å². The summed E-state index contributed by atoms with van der Waals surface area (Å²) in [6, 6.07) is 13.7. The van der Waals surface area contributed by atoms with Crippen molar-refractivity contribution in [2.45, 2.75) is 25.8 Å². The van der Waals surface area contributed by atoms with Gasteiger partial charge in [-0.1, -0.05) is 28.1 Å². The molecule has 0 aliphatic carbocycles. The van der Waals surface area contributed by atoms with Crippen LogP contribution in [0.1, 0.15) is 18.9 Å². The zero-order valence-corrected chi connectivity index (χ0v) is 17.3. The number of halogens is 1. The highest BCUT2D eigenvalue weighted by Gasteiger charge is 2.43. The lowest BCUT2D eigenvalue weighted by Gasteiger charge is -2.26. The maximum absolute atomic E-state index is 12.9. The summed E-state index contributed by atoms with van der Waals surface area (Å²) in [5.74, 6) is -0.128. The van der Waals surface area contributed by atoms with Crippen LogP contribution in [-0.4, -0.2) is 42.3 Å². The number of methoxy groups -OCH3 is 1. The number of rotatable bonds is 6. The Morgan fingerprint density at radius 3 is 2.36 bits per heavy atom. The van der Waals surface area contributed by atoms with Crippen LogP contribution in [0.25, 0.3) is 0 Å². The van der Waals surface area contributed by atoms with Gasteiger partial charge in [0, 0.05) is 17.9 Å². The Morgan fingerprint density at radius 1 is 1.14 bits per heavy atom. The van der Waals surface area contributed by atoms with Gasteiger partial charge in [0.1, 0.15) is 11.8 Å². The second kappa shape index (κ2) is 8.56. The van der Waals surface area contributed by atoms with Crippen LogP contribution in [0.4, 0.5) is 5.69 Å². The fourth-order valence-corrected chi connectivity index (χ4v) is 3.56. The van der Waals surface area contributed by atoms with Gasteiger partial charge in [-0.2, -0.15) is 0 Å². The zero-order valence-electron chi connectivity index (χ0n) is 15.7. The van der Waals surface area contributed by atoms with E-state index in [1.54, 1.807) is 31.4 Å². The van der Waals surface area contributed by atoms with Gasteiger partial charge in [0.05, 0.1) is 19.2 Å². The van der Waals surface area contributed by atoms with E-state index in [2.05, 4.69) is 15.9 Å². The van der Waals surface area contributed by atoms with Crippen molar-refractivity contribution in [1.29, 1.82) is 0 Å². The van der Waals surface area contributed by atoms with E-state index in [4.69, 9.17) is 4.74 Å². The molecule has 3 rings (SSSR count). The number of anilines is 1. The topological polar surface area (TPSA) is 66.9 Å². The monoisotopic (exact) mass is 444 g/mol. The first-order chi connectivity index (χ1) is 13.4. The lowest BCUT2D eigenvalue weighted by atomic mass is 10.1. The average Bonchev–Trinajstić information content (AvgIpc) is 2.97. The number of benzene rings is 2. The molecule has 7 heteroatoms. The lowest BCUT2D eigenvalue weighted by Crippen LogP contribution is -2.45. The molecular weight excluding hydrogens is 424 g/mol. The van der Waals surface area contributed by atoms with Gasteiger partial charge in [0.25, 0.3) is 5.91 Å². The number of nitrogens with zero attached hydrogens (tertiary/aromatic N) is 2. The molecule has 0 spiro atoms. The molecule has 0 bridgehead atoms. The number of carbonyl (C=O) groups is 3. The Kier molecular flexibility index (Phi) is 6.14. The molecule has 0 N–H and O–H groups in total. The third kappa shape index (κ3) is 4.25. The average molecular weight is 445 g/mol. The Morgan fingerprint density at radius 2 is 1.79 bits per heavy atom. The van der Waals surface area contributed by atoms with E-state index in [1.165, 1.54) is 16.7 Å². The highest BCUT2D eigenvalue weighted by Crippen LogP contribution is 2.27. The number of ether oxygens (including phenoxy) is 1. The summed E-state index contributed by atoms with van der Waals surface area (Å²) in [4.78, 5) is 40.3. The van der Waals surface area contributed by atoms with Crippen LogP contribution in [0.2, 0.25) is 0 Å². The van der Waals surface area contributed by atoms with Crippen molar-refractivity contribution in [3.63, 3.8) is 0 Å². The molecule has 1 fully saturated rings. The summed E-state index contributed by atoms with van der Waals surface area (Å²) in [5.41, 5.74) is 1.54. The van der Waals surface area contributed by atoms with Crippen molar-refractivity contribution < 1.29 is 19.1 Å². The highest BCUT2D eigenvalue weighted by molar-refractivity contribution is 9.10. The predicted molar refractivity (Wildman–Crippen MR) is 109 cm³/mol. The number of hydrogen-bond donors (Lipinski definition) is 0. The summed E-state index contributed by atoms with van der Waals surface area (Å²) in [6.07, 6.45) is 0.580. The minimum Gasteiger partial charge on any atom is -0.497 e. The van der Waals surface area contributed by atoms with Gasteiger partial charge in [-0.3, -0.25) is 14.4 Å². The van der Waals surface area contributed by atoms with E-state index in [0.717, 1.165) is 15.8 Å². The fourth-order valence-electron chi connectivity index (χ4n) is 3.30. The van der Waals surface area contributed by atoms with E-state index in [9.17, 15) is 14.4 Å². The molecule has 0 saturated carbocycles. The van der Waals surface area contributed by atoms with Gasteiger partial charge < -0.3 is 9.64 Å². The van der Waals surface area contributed by atoms with E-state index in [0.29, 0.717) is 18.7 Å². The van der Waals surface area contributed by atoms with Crippen LogP contribution < -0.4 is 9.64 Å². The van der Waals surface area contributed by atoms with E-state index < -0.39 is 6.04 Å². The van der Waals surface area contributed by atoms with E-state index in [-0.39, 0.29) is 24.1 Å². The molecular formula is C21H21BrN2O4. The van der Waals surface area contributed by atoms with Gasteiger partial charge >= 0.3 is 0 Å². The van der Waals surface area contributed by atoms with Crippen molar-refractivity contribution in [1.82, 2.24) is 4.90 Å². The molecule has 6 nitrogen and oxygen atoms in total. The Balaban J connectivity index is 1.74. The molecule has 28 heavy (non-hydrogen) atoms. The van der Waals surface area contributed by atoms with Gasteiger partial charge in [0.2, 0.25) is 11.8 Å². The number of carbonyl (C=O) groups excluding carboxylic acids is 3. The quantitative estimate of drug-likeness (QED) is 0.641. The second-order valence-electron chi connectivity index (χ2n) is 6.57. The fraction of sp³-hybridized carbons (Fsp3) is 0.286. The lowest BCUT2D eigenvalue weighted by molar-refractivity contribution is -0.136. The maximum Gasteiger partial charge on any atom is 0.257 e. The third-order valence-electron chi connectivity index (χ3n) is 4.79. The maximum atomic E-state index is 12.9. The number of amides is 3. The highest BCUT2D eigenvalue weighted by atomic mass is 79.9. The SMILES string of the molecule is COc1ccc(CCN(C(C)=O)[C@H]2CC(=O)N(c3ccc(Br)cc3)C2=O)cc1. The molecule has 1 heterocycles. The number of imide groups is 1. The van der Waals surface area contributed by atoms with Crippen LogP contribution >= 0.6 is 15.9 Å². The summed E-state index contributed by atoms with van der Waals surface area (Å²) >= 11 is 3.34. The first kappa shape index (κ1) is 20.1. The number of hydrogen-bond acceptors (Lipinski definition) is 4. The van der Waals surface area contributed by atoms with Crippen molar-refractivity contribution in [2.24, 2.45) is 0 Å². The van der Waals surface area contributed by atoms with Crippen LogP contribution in [0, 0.1) is 0 Å². The first-order valence-electron chi connectivity index (χ1n) is 8.93. The minimum atomic E-state index is -0.771. The summed E-state index contributed by atoms with van der Waals surface area (Å²) in [7, 11) is 1.60. The van der Waals surface area contributed by atoms with Crippen LogP contribution in [0.5, 0.6) is 5.75 Å². The molecule has 0 aromatic heterocycles. The van der Waals surface area contributed by atoms with Gasteiger partial charge in [-0.05, 0) is 48.4 Å². The van der Waals surface area contributed by atoms with Gasteiger partial charge in [-0.15, -0.1) is 0 Å². The van der Waals surface area contributed by atoms with Crippen molar-refractivity contribution >= 4 is 39.3 Å². The molecule has 1 atom stereocenters. The third-order valence-corrected chi connectivity index (χ3v) is 5.32. The summed E-state index contributed by atoms with van der Waals surface area (Å²) in [6.45, 7) is 1.79. The molecule has 0 unspecified atom stereocenters. The smallest absolute Gasteiger partial charge is 0.257 e. The molecule has 3 amide bonds. The molecule has 146 valence electrons. The summed E-state index contributed by atoms with van der Waals surface area (Å²) in [5, 5.41) is 0. The van der Waals surface area contributed by atoms with Crippen LogP contribution in [0.15, 0.2) is 53.0 Å².